The molecule has 0 spiro atoms. The molecule has 4 rings (SSSR count). The molecule has 1 heterocycles. The molecule has 3 aromatic rings. The fourth-order valence-electron chi connectivity index (χ4n) is 3.38. The minimum absolute atomic E-state index is 0.0678. The molecule has 0 fully saturated rings. The molecule has 0 aliphatic carbocycles. The number of fused-ring (bicyclic) bond motifs is 1. The molecule has 0 bridgehead atoms. The number of phenols is 1. The molecule has 0 radical (unpaired) electrons. The van der Waals surface area contributed by atoms with Gasteiger partial charge in [-0.1, -0.05) is 36.4 Å². The Bertz CT molecular complexity index is 990. The molecule has 2 nitrogen and oxygen atoms in total. The molecule has 1 atom stereocenters. The third kappa shape index (κ3) is 2.64. The van der Waals surface area contributed by atoms with E-state index in [1.54, 1.807) is 19.1 Å². The van der Waals surface area contributed by atoms with Gasteiger partial charge >= 0.3 is 0 Å². The summed E-state index contributed by atoms with van der Waals surface area (Å²) in [6.07, 6.45) is -0.653. The van der Waals surface area contributed by atoms with Crippen molar-refractivity contribution in [1.29, 1.82) is 0 Å². The fraction of sp³-hybridized carbons (Fsp3) is 0.0909. The summed E-state index contributed by atoms with van der Waals surface area (Å²) in [4.78, 5) is 0. The smallest absolute Gasteiger partial charge is 0.150 e. The Balaban J connectivity index is 2.02. The number of phenolic OH excluding ortho intramolecular Hbond substituents is 1. The molecular weight excluding hydrogens is 334 g/mol. The van der Waals surface area contributed by atoms with Gasteiger partial charge in [-0.05, 0) is 48.4 Å². The van der Waals surface area contributed by atoms with E-state index in [9.17, 15) is 13.9 Å². The van der Waals surface area contributed by atoms with E-state index in [0.717, 1.165) is 5.56 Å². The van der Waals surface area contributed by atoms with Crippen molar-refractivity contribution in [2.75, 3.05) is 0 Å². The number of halogens is 2. The first-order chi connectivity index (χ1) is 12.6. The number of rotatable bonds is 2. The van der Waals surface area contributed by atoms with Crippen molar-refractivity contribution in [3.8, 4) is 11.5 Å². The van der Waals surface area contributed by atoms with Gasteiger partial charge in [-0.15, -0.1) is 0 Å². The summed E-state index contributed by atoms with van der Waals surface area (Å²) < 4.78 is 35.3. The van der Waals surface area contributed by atoms with Crippen LogP contribution >= 0.6 is 0 Å². The summed E-state index contributed by atoms with van der Waals surface area (Å²) in [7, 11) is 0. The number of aromatic hydroxyl groups is 1. The lowest BCUT2D eigenvalue weighted by molar-refractivity contribution is 0.258. The summed E-state index contributed by atoms with van der Waals surface area (Å²) in [5.41, 5.74) is 2.40. The fourth-order valence-corrected chi connectivity index (χ4v) is 3.38. The van der Waals surface area contributed by atoms with E-state index in [-0.39, 0.29) is 11.3 Å². The Morgan fingerprint density at radius 1 is 0.885 bits per heavy atom. The Hall–Kier alpha value is -3.14. The second kappa shape index (κ2) is 6.30. The third-order valence-corrected chi connectivity index (χ3v) is 4.61. The standard InChI is InChI=1S/C22H16F2O2/c1-13-16-12-15(25)10-11-19(16)26-22(14-6-3-2-4-7-14)20(13)21-17(23)8-5-9-18(21)24/h2-12,22,25H,1H3. The number of benzene rings is 3. The minimum atomic E-state index is -0.653. The van der Waals surface area contributed by atoms with Gasteiger partial charge in [-0.25, -0.2) is 8.78 Å². The normalized spacial score (nSPS) is 16.2. The highest BCUT2D eigenvalue weighted by Crippen LogP contribution is 2.48. The summed E-state index contributed by atoms with van der Waals surface area (Å²) >= 11 is 0. The van der Waals surface area contributed by atoms with Crippen LogP contribution in [0.4, 0.5) is 8.78 Å². The van der Waals surface area contributed by atoms with Gasteiger partial charge in [0.25, 0.3) is 0 Å². The second-order valence-electron chi connectivity index (χ2n) is 6.22. The summed E-state index contributed by atoms with van der Waals surface area (Å²) in [6.45, 7) is 1.79. The molecule has 0 saturated heterocycles. The zero-order valence-corrected chi connectivity index (χ0v) is 14.0. The summed E-state index contributed by atoms with van der Waals surface area (Å²) in [5.74, 6) is -0.659. The molecule has 3 aromatic carbocycles. The first kappa shape index (κ1) is 16.3. The van der Waals surface area contributed by atoms with Crippen molar-refractivity contribution in [2.45, 2.75) is 13.0 Å². The number of allylic oxidation sites excluding steroid dienone is 1. The average molecular weight is 350 g/mol. The molecule has 1 aliphatic heterocycles. The number of hydrogen-bond donors (Lipinski definition) is 1. The van der Waals surface area contributed by atoms with E-state index in [0.29, 0.717) is 22.5 Å². The largest absolute Gasteiger partial charge is 0.508 e. The van der Waals surface area contributed by atoms with Crippen LogP contribution in [0.3, 0.4) is 0 Å². The molecule has 26 heavy (non-hydrogen) atoms. The lowest BCUT2D eigenvalue weighted by atomic mass is 9.85. The van der Waals surface area contributed by atoms with Crippen molar-refractivity contribution < 1.29 is 18.6 Å². The Morgan fingerprint density at radius 3 is 2.27 bits per heavy atom. The lowest BCUT2D eigenvalue weighted by Gasteiger charge is -2.31. The van der Waals surface area contributed by atoms with Crippen LogP contribution in [-0.4, -0.2) is 5.11 Å². The van der Waals surface area contributed by atoms with Gasteiger partial charge in [0.15, 0.2) is 0 Å². The van der Waals surface area contributed by atoms with Crippen LogP contribution in [0.25, 0.3) is 11.1 Å². The first-order valence-corrected chi connectivity index (χ1v) is 8.26. The highest BCUT2D eigenvalue weighted by Gasteiger charge is 2.32. The Kier molecular flexibility index (Phi) is 3.96. The molecule has 0 amide bonds. The average Bonchev–Trinajstić information content (AvgIpc) is 2.64. The van der Waals surface area contributed by atoms with Crippen molar-refractivity contribution in [3.05, 3.63) is 95.1 Å². The van der Waals surface area contributed by atoms with Crippen LogP contribution in [0.1, 0.15) is 29.7 Å². The van der Waals surface area contributed by atoms with Gasteiger partial charge in [-0.2, -0.15) is 0 Å². The lowest BCUT2D eigenvalue weighted by Crippen LogP contribution is -2.18. The molecule has 4 heteroatoms. The predicted molar refractivity (Wildman–Crippen MR) is 96.8 cm³/mol. The molecule has 130 valence electrons. The Morgan fingerprint density at radius 2 is 1.58 bits per heavy atom. The van der Waals surface area contributed by atoms with Crippen molar-refractivity contribution in [2.24, 2.45) is 0 Å². The van der Waals surface area contributed by atoms with Gasteiger partial charge in [0.05, 0.1) is 5.56 Å². The zero-order valence-electron chi connectivity index (χ0n) is 14.0. The quantitative estimate of drug-likeness (QED) is 0.639. The van der Waals surface area contributed by atoms with E-state index >= 15 is 0 Å². The van der Waals surface area contributed by atoms with Gasteiger partial charge in [0.1, 0.15) is 29.2 Å². The van der Waals surface area contributed by atoms with Gasteiger partial charge < -0.3 is 9.84 Å². The van der Waals surface area contributed by atoms with E-state index in [4.69, 9.17) is 4.74 Å². The molecule has 1 unspecified atom stereocenters. The van der Waals surface area contributed by atoms with Crippen molar-refractivity contribution >= 4 is 11.1 Å². The van der Waals surface area contributed by atoms with Crippen LogP contribution in [0, 0.1) is 11.6 Å². The van der Waals surface area contributed by atoms with Crippen LogP contribution < -0.4 is 4.74 Å². The summed E-state index contributed by atoms with van der Waals surface area (Å²) in [5, 5.41) is 9.83. The molecule has 0 aromatic heterocycles. The van der Waals surface area contributed by atoms with Crippen molar-refractivity contribution in [1.82, 2.24) is 0 Å². The topological polar surface area (TPSA) is 29.5 Å². The number of hydrogen-bond acceptors (Lipinski definition) is 2. The Labute approximate surface area is 150 Å². The predicted octanol–water partition coefficient (Wildman–Crippen LogP) is 5.73. The second-order valence-corrected chi connectivity index (χ2v) is 6.22. The van der Waals surface area contributed by atoms with E-state index in [2.05, 4.69) is 0 Å². The molecular formula is C22H16F2O2. The van der Waals surface area contributed by atoms with Gasteiger partial charge in [0, 0.05) is 11.1 Å². The third-order valence-electron chi connectivity index (χ3n) is 4.61. The van der Waals surface area contributed by atoms with Crippen LogP contribution in [0.15, 0.2) is 66.7 Å². The zero-order chi connectivity index (χ0) is 18.3. The van der Waals surface area contributed by atoms with Crippen LogP contribution in [0.2, 0.25) is 0 Å². The maximum atomic E-state index is 14.6. The van der Waals surface area contributed by atoms with Gasteiger partial charge in [-0.3, -0.25) is 0 Å². The first-order valence-electron chi connectivity index (χ1n) is 8.26. The van der Waals surface area contributed by atoms with Crippen molar-refractivity contribution in [3.63, 3.8) is 0 Å². The maximum absolute atomic E-state index is 14.6. The molecule has 1 N–H and O–H groups in total. The van der Waals surface area contributed by atoms with Crippen LogP contribution in [0.5, 0.6) is 11.5 Å². The highest BCUT2D eigenvalue weighted by atomic mass is 19.1. The van der Waals surface area contributed by atoms with E-state index in [1.807, 2.05) is 30.3 Å². The molecule has 1 aliphatic rings. The van der Waals surface area contributed by atoms with E-state index < -0.39 is 17.7 Å². The van der Waals surface area contributed by atoms with Crippen LogP contribution in [-0.2, 0) is 0 Å². The van der Waals surface area contributed by atoms with Gasteiger partial charge in [0.2, 0.25) is 0 Å². The summed E-state index contributed by atoms with van der Waals surface area (Å²) in [6, 6.07) is 17.9. The SMILES string of the molecule is CC1=C(c2c(F)cccc2F)C(c2ccccc2)Oc2ccc(O)cc21. The monoisotopic (exact) mass is 350 g/mol. The minimum Gasteiger partial charge on any atom is -0.508 e. The maximum Gasteiger partial charge on any atom is 0.150 e. The number of ether oxygens (including phenoxy) is 1. The van der Waals surface area contributed by atoms with E-state index in [1.165, 1.54) is 24.3 Å². The molecule has 0 saturated carbocycles. The highest BCUT2D eigenvalue weighted by molar-refractivity contribution is 5.96.